The standard InChI is InChI=1S/C12H19N3O/c1-3-5-7-16-12-10-14-11(9-15-12)8-13-6-4-2/h3,9-10,13H,1,4-8H2,2H3. The molecule has 16 heavy (non-hydrogen) atoms. The molecule has 1 aromatic heterocycles. The molecule has 0 aliphatic rings. The third-order valence-electron chi connectivity index (χ3n) is 1.99. The second-order valence-corrected chi connectivity index (χ2v) is 3.45. The predicted molar refractivity (Wildman–Crippen MR) is 64.3 cm³/mol. The molecule has 1 aromatic rings. The SMILES string of the molecule is C=CCCOc1cnc(CNCCC)cn1. The van der Waals surface area contributed by atoms with Gasteiger partial charge in [0.25, 0.3) is 0 Å². The molecule has 0 amide bonds. The van der Waals surface area contributed by atoms with E-state index in [-0.39, 0.29) is 0 Å². The molecule has 0 aliphatic heterocycles. The zero-order valence-electron chi connectivity index (χ0n) is 9.78. The van der Waals surface area contributed by atoms with Crippen LogP contribution in [0.3, 0.4) is 0 Å². The van der Waals surface area contributed by atoms with Crippen molar-refractivity contribution in [2.75, 3.05) is 13.2 Å². The van der Waals surface area contributed by atoms with Crippen molar-refractivity contribution in [1.82, 2.24) is 15.3 Å². The lowest BCUT2D eigenvalue weighted by atomic mass is 10.4. The summed E-state index contributed by atoms with van der Waals surface area (Å²) in [6, 6.07) is 0. The molecule has 4 heteroatoms. The third kappa shape index (κ3) is 4.89. The average molecular weight is 221 g/mol. The number of rotatable bonds is 8. The second kappa shape index (κ2) is 7.82. The fourth-order valence-electron chi connectivity index (χ4n) is 1.15. The first kappa shape index (κ1) is 12.6. The van der Waals surface area contributed by atoms with Gasteiger partial charge >= 0.3 is 0 Å². The van der Waals surface area contributed by atoms with Crippen molar-refractivity contribution in [3.63, 3.8) is 0 Å². The Morgan fingerprint density at radius 1 is 1.44 bits per heavy atom. The van der Waals surface area contributed by atoms with Crippen LogP contribution in [-0.2, 0) is 6.54 Å². The molecule has 1 rings (SSSR count). The first-order chi connectivity index (χ1) is 7.86. The Hall–Kier alpha value is -1.42. The largest absolute Gasteiger partial charge is 0.476 e. The van der Waals surface area contributed by atoms with Gasteiger partial charge in [0, 0.05) is 6.54 Å². The molecule has 0 atom stereocenters. The summed E-state index contributed by atoms with van der Waals surface area (Å²) < 4.78 is 5.36. The van der Waals surface area contributed by atoms with E-state index in [0.717, 1.165) is 31.6 Å². The minimum atomic E-state index is 0.570. The maximum atomic E-state index is 5.36. The van der Waals surface area contributed by atoms with Gasteiger partial charge in [-0.05, 0) is 19.4 Å². The monoisotopic (exact) mass is 221 g/mol. The molecule has 0 saturated carbocycles. The molecular formula is C12H19N3O. The Balaban J connectivity index is 2.32. The molecule has 1 N–H and O–H groups in total. The molecule has 0 radical (unpaired) electrons. The van der Waals surface area contributed by atoms with Crippen LogP contribution >= 0.6 is 0 Å². The van der Waals surface area contributed by atoms with Crippen LogP contribution in [0.1, 0.15) is 25.5 Å². The van der Waals surface area contributed by atoms with Crippen LogP contribution in [0.5, 0.6) is 5.88 Å². The van der Waals surface area contributed by atoms with Gasteiger partial charge in [0.05, 0.1) is 24.7 Å². The topological polar surface area (TPSA) is 47.0 Å². The molecule has 88 valence electrons. The summed E-state index contributed by atoms with van der Waals surface area (Å²) in [6.07, 6.45) is 7.16. The maximum Gasteiger partial charge on any atom is 0.232 e. The summed E-state index contributed by atoms with van der Waals surface area (Å²) in [6.45, 7) is 8.12. The molecule has 0 spiro atoms. The number of nitrogens with one attached hydrogen (secondary N) is 1. The fraction of sp³-hybridized carbons (Fsp3) is 0.500. The van der Waals surface area contributed by atoms with Crippen molar-refractivity contribution in [1.29, 1.82) is 0 Å². The van der Waals surface area contributed by atoms with Gasteiger partial charge in [-0.25, -0.2) is 4.98 Å². The van der Waals surface area contributed by atoms with Crippen molar-refractivity contribution in [2.24, 2.45) is 0 Å². The first-order valence-electron chi connectivity index (χ1n) is 5.62. The van der Waals surface area contributed by atoms with E-state index in [1.807, 2.05) is 6.08 Å². The smallest absolute Gasteiger partial charge is 0.232 e. The third-order valence-corrected chi connectivity index (χ3v) is 1.99. The van der Waals surface area contributed by atoms with Crippen LogP contribution < -0.4 is 10.1 Å². The molecule has 0 bridgehead atoms. The van der Waals surface area contributed by atoms with E-state index in [0.29, 0.717) is 12.5 Å². The predicted octanol–water partition coefficient (Wildman–Crippen LogP) is 1.93. The van der Waals surface area contributed by atoms with E-state index < -0.39 is 0 Å². The summed E-state index contributed by atoms with van der Waals surface area (Å²) in [5, 5.41) is 3.27. The van der Waals surface area contributed by atoms with Crippen LogP contribution in [-0.4, -0.2) is 23.1 Å². The number of nitrogens with zero attached hydrogens (tertiary/aromatic N) is 2. The van der Waals surface area contributed by atoms with Crippen molar-refractivity contribution >= 4 is 0 Å². The van der Waals surface area contributed by atoms with Crippen molar-refractivity contribution in [2.45, 2.75) is 26.3 Å². The lowest BCUT2D eigenvalue weighted by molar-refractivity contribution is 0.310. The Morgan fingerprint density at radius 3 is 2.94 bits per heavy atom. The number of aromatic nitrogens is 2. The van der Waals surface area contributed by atoms with Gasteiger partial charge < -0.3 is 10.1 Å². The van der Waals surface area contributed by atoms with Crippen molar-refractivity contribution in [3.05, 3.63) is 30.7 Å². The van der Waals surface area contributed by atoms with Crippen molar-refractivity contribution < 1.29 is 4.74 Å². The van der Waals surface area contributed by atoms with E-state index in [4.69, 9.17) is 4.74 Å². The minimum Gasteiger partial charge on any atom is -0.476 e. The van der Waals surface area contributed by atoms with Crippen LogP contribution in [0.25, 0.3) is 0 Å². The van der Waals surface area contributed by atoms with E-state index in [9.17, 15) is 0 Å². The Kier molecular flexibility index (Phi) is 6.18. The van der Waals surface area contributed by atoms with Gasteiger partial charge in [-0.2, -0.15) is 0 Å². The molecule has 0 fully saturated rings. The van der Waals surface area contributed by atoms with Gasteiger partial charge in [0.1, 0.15) is 0 Å². The fourth-order valence-corrected chi connectivity index (χ4v) is 1.15. The summed E-state index contributed by atoms with van der Waals surface area (Å²) in [5.41, 5.74) is 0.935. The van der Waals surface area contributed by atoms with E-state index in [2.05, 4.69) is 28.8 Å². The van der Waals surface area contributed by atoms with Gasteiger partial charge in [0.2, 0.25) is 5.88 Å². The molecule has 0 aromatic carbocycles. The molecule has 4 nitrogen and oxygen atoms in total. The van der Waals surface area contributed by atoms with Crippen LogP contribution in [0.15, 0.2) is 25.0 Å². The highest BCUT2D eigenvalue weighted by Crippen LogP contribution is 2.04. The zero-order valence-corrected chi connectivity index (χ0v) is 9.78. The highest BCUT2D eigenvalue weighted by Gasteiger charge is 1.97. The molecule has 0 aliphatic carbocycles. The highest BCUT2D eigenvalue weighted by atomic mass is 16.5. The second-order valence-electron chi connectivity index (χ2n) is 3.45. The normalized spacial score (nSPS) is 10.1. The summed E-state index contributed by atoms with van der Waals surface area (Å²) in [4.78, 5) is 8.42. The summed E-state index contributed by atoms with van der Waals surface area (Å²) in [7, 11) is 0. The minimum absolute atomic E-state index is 0.570. The number of ether oxygens (including phenoxy) is 1. The van der Waals surface area contributed by atoms with Crippen LogP contribution in [0.2, 0.25) is 0 Å². The molecule has 0 saturated heterocycles. The number of hydrogen-bond donors (Lipinski definition) is 1. The summed E-state index contributed by atoms with van der Waals surface area (Å²) in [5.74, 6) is 0.570. The van der Waals surface area contributed by atoms with E-state index in [1.54, 1.807) is 12.4 Å². The molecular weight excluding hydrogens is 202 g/mol. The van der Waals surface area contributed by atoms with Crippen LogP contribution in [0.4, 0.5) is 0 Å². The van der Waals surface area contributed by atoms with Gasteiger partial charge in [-0.1, -0.05) is 13.0 Å². The van der Waals surface area contributed by atoms with E-state index >= 15 is 0 Å². The van der Waals surface area contributed by atoms with E-state index in [1.165, 1.54) is 0 Å². The first-order valence-corrected chi connectivity index (χ1v) is 5.62. The number of hydrogen-bond acceptors (Lipinski definition) is 4. The summed E-state index contributed by atoms with van der Waals surface area (Å²) >= 11 is 0. The Labute approximate surface area is 96.8 Å². The quantitative estimate of drug-likeness (QED) is 0.538. The lowest BCUT2D eigenvalue weighted by Gasteiger charge is -2.04. The molecule has 0 unspecified atom stereocenters. The zero-order chi connectivity index (χ0) is 11.6. The average Bonchev–Trinajstić information content (AvgIpc) is 2.32. The van der Waals surface area contributed by atoms with Gasteiger partial charge in [0.15, 0.2) is 0 Å². The maximum absolute atomic E-state index is 5.36. The Morgan fingerprint density at radius 2 is 2.31 bits per heavy atom. The van der Waals surface area contributed by atoms with Gasteiger partial charge in [-0.3, -0.25) is 4.98 Å². The highest BCUT2D eigenvalue weighted by molar-refractivity contribution is 5.07. The van der Waals surface area contributed by atoms with Gasteiger partial charge in [-0.15, -0.1) is 6.58 Å². The molecule has 1 heterocycles. The van der Waals surface area contributed by atoms with Crippen molar-refractivity contribution in [3.8, 4) is 5.88 Å². The van der Waals surface area contributed by atoms with Crippen LogP contribution in [0, 0.1) is 0 Å². The Bertz CT molecular complexity index is 298. The lowest BCUT2D eigenvalue weighted by Crippen LogP contribution is -2.15.